The summed E-state index contributed by atoms with van der Waals surface area (Å²) in [5.41, 5.74) is 1.45. The van der Waals surface area contributed by atoms with E-state index in [1.807, 2.05) is 19.1 Å². The Bertz CT molecular complexity index is 804. The Labute approximate surface area is 140 Å². The van der Waals surface area contributed by atoms with Gasteiger partial charge in [-0.15, -0.1) is 0 Å². The molecule has 0 aliphatic carbocycles. The molecular formula is C18H18ClNO3. The number of esters is 1. The molecule has 0 aliphatic rings. The van der Waals surface area contributed by atoms with E-state index in [0.29, 0.717) is 10.6 Å². The Morgan fingerprint density at radius 1 is 1.26 bits per heavy atom. The lowest BCUT2D eigenvalue weighted by molar-refractivity contribution is -0.143. The van der Waals surface area contributed by atoms with E-state index in [-0.39, 0.29) is 11.6 Å². The number of nitrogens with one attached hydrogen (secondary N) is 1. The molecule has 0 saturated carbocycles. The van der Waals surface area contributed by atoms with E-state index in [9.17, 15) is 9.90 Å². The van der Waals surface area contributed by atoms with Crippen LogP contribution in [0.2, 0.25) is 5.02 Å². The summed E-state index contributed by atoms with van der Waals surface area (Å²) in [5.74, 6) is 5.20. The molecular weight excluding hydrogens is 314 g/mol. The molecule has 0 amide bonds. The number of hydrogen-bond donors (Lipinski definition) is 2. The quantitative estimate of drug-likeness (QED) is 0.612. The second kappa shape index (κ2) is 6.39. The maximum absolute atomic E-state index is 11.8. The zero-order valence-electron chi connectivity index (χ0n) is 13.5. The summed E-state index contributed by atoms with van der Waals surface area (Å²) in [6.07, 6.45) is 1.50. The van der Waals surface area contributed by atoms with Crippen LogP contribution in [0.1, 0.15) is 37.5 Å². The van der Waals surface area contributed by atoms with Crippen LogP contribution in [0.25, 0.3) is 0 Å². The van der Waals surface area contributed by atoms with Crippen LogP contribution in [0.3, 0.4) is 0 Å². The van der Waals surface area contributed by atoms with Crippen molar-refractivity contribution in [1.82, 2.24) is 4.98 Å². The molecule has 4 nitrogen and oxygen atoms in total. The Balaban J connectivity index is 2.24. The summed E-state index contributed by atoms with van der Waals surface area (Å²) in [6, 6.07) is 5.39. The van der Waals surface area contributed by atoms with Crippen molar-refractivity contribution in [2.75, 3.05) is 0 Å². The SMILES string of the molecule is Cc1cc(Cl)ccc1C#Cc1c[nH]c(OC(=O)C(C)(C)C)c1O. The van der Waals surface area contributed by atoms with Crippen molar-refractivity contribution in [1.29, 1.82) is 0 Å². The Morgan fingerprint density at radius 2 is 1.91 bits per heavy atom. The van der Waals surface area contributed by atoms with Gasteiger partial charge in [0.2, 0.25) is 5.88 Å². The Hall–Kier alpha value is -2.38. The molecule has 1 aromatic heterocycles. The first-order valence-electron chi connectivity index (χ1n) is 7.09. The number of aromatic hydroxyl groups is 1. The number of carbonyl (C=O) groups is 1. The second-order valence-electron chi connectivity index (χ2n) is 6.23. The third-order valence-electron chi connectivity index (χ3n) is 3.15. The highest BCUT2D eigenvalue weighted by atomic mass is 35.5. The topological polar surface area (TPSA) is 62.3 Å². The number of carbonyl (C=O) groups excluding carboxylic acids is 1. The van der Waals surface area contributed by atoms with Gasteiger partial charge in [-0.05, 0) is 51.5 Å². The maximum atomic E-state index is 11.8. The minimum absolute atomic E-state index is 0.00190. The van der Waals surface area contributed by atoms with E-state index < -0.39 is 11.4 Å². The van der Waals surface area contributed by atoms with Gasteiger partial charge in [0, 0.05) is 16.8 Å². The van der Waals surface area contributed by atoms with E-state index in [2.05, 4.69) is 16.8 Å². The zero-order chi connectivity index (χ0) is 17.2. The summed E-state index contributed by atoms with van der Waals surface area (Å²) in [7, 11) is 0. The van der Waals surface area contributed by atoms with Crippen molar-refractivity contribution in [3.8, 4) is 23.5 Å². The highest BCUT2D eigenvalue weighted by Crippen LogP contribution is 2.30. The molecule has 5 heteroatoms. The summed E-state index contributed by atoms with van der Waals surface area (Å²) in [4.78, 5) is 14.6. The van der Waals surface area contributed by atoms with Crippen molar-refractivity contribution in [2.24, 2.45) is 5.41 Å². The van der Waals surface area contributed by atoms with Crippen LogP contribution in [0, 0.1) is 24.2 Å². The number of aromatic amines is 1. The fourth-order valence-electron chi connectivity index (χ4n) is 1.72. The van der Waals surface area contributed by atoms with E-state index in [1.165, 1.54) is 6.20 Å². The van der Waals surface area contributed by atoms with Gasteiger partial charge in [0.05, 0.1) is 11.0 Å². The standard InChI is InChI=1S/C18H18ClNO3/c1-11-9-14(19)8-7-12(11)5-6-13-10-20-16(15(13)21)23-17(22)18(2,3)4/h7-10,20-21H,1-4H3. The van der Waals surface area contributed by atoms with Crippen LogP contribution in [0.15, 0.2) is 24.4 Å². The second-order valence-corrected chi connectivity index (χ2v) is 6.67. The molecule has 0 atom stereocenters. The van der Waals surface area contributed by atoms with E-state index in [0.717, 1.165) is 11.1 Å². The molecule has 0 fully saturated rings. The van der Waals surface area contributed by atoms with E-state index in [1.54, 1.807) is 26.8 Å². The predicted molar refractivity (Wildman–Crippen MR) is 89.7 cm³/mol. The summed E-state index contributed by atoms with van der Waals surface area (Å²) in [6.45, 7) is 7.11. The van der Waals surface area contributed by atoms with Gasteiger partial charge < -0.3 is 14.8 Å². The molecule has 120 valence electrons. The Kier molecular flexibility index (Phi) is 4.72. The van der Waals surface area contributed by atoms with Crippen LogP contribution in [-0.4, -0.2) is 16.1 Å². The van der Waals surface area contributed by atoms with Gasteiger partial charge in [-0.3, -0.25) is 4.79 Å². The lowest BCUT2D eigenvalue weighted by atomic mass is 9.97. The van der Waals surface area contributed by atoms with Crippen molar-refractivity contribution < 1.29 is 14.6 Å². The van der Waals surface area contributed by atoms with Gasteiger partial charge >= 0.3 is 5.97 Å². The third kappa shape index (κ3) is 4.08. The summed E-state index contributed by atoms with van der Waals surface area (Å²) in [5, 5.41) is 10.7. The third-order valence-corrected chi connectivity index (χ3v) is 3.38. The van der Waals surface area contributed by atoms with E-state index >= 15 is 0 Å². The molecule has 2 aromatic rings. The minimum Gasteiger partial charge on any atom is -0.502 e. The van der Waals surface area contributed by atoms with Crippen molar-refractivity contribution in [3.63, 3.8) is 0 Å². The first kappa shape index (κ1) is 17.0. The van der Waals surface area contributed by atoms with Gasteiger partial charge in [0.1, 0.15) is 0 Å². The highest BCUT2D eigenvalue weighted by Gasteiger charge is 2.25. The Morgan fingerprint density at radius 3 is 2.52 bits per heavy atom. The monoisotopic (exact) mass is 331 g/mol. The molecule has 0 unspecified atom stereocenters. The molecule has 0 spiro atoms. The first-order valence-corrected chi connectivity index (χ1v) is 7.47. The summed E-state index contributed by atoms with van der Waals surface area (Å²) < 4.78 is 5.15. The molecule has 23 heavy (non-hydrogen) atoms. The van der Waals surface area contributed by atoms with Gasteiger partial charge in [-0.2, -0.15) is 0 Å². The van der Waals surface area contributed by atoms with Crippen molar-refractivity contribution >= 4 is 17.6 Å². The molecule has 0 aliphatic heterocycles. The van der Waals surface area contributed by atoms with Gasteiger partial charge in [-0.1, -0.05) is 23.4 Å². The van der Waals surface area contributed by atoms with Gasteiger partial charge in [0.25, 0.3) is 0 Å². The zero-order valence-corrected chi connectivity index (χ0v) is 14.2. The van der Waals surface area contributed by atoms with E-state index in [4.69, 9.17) is 16.3 Å². The smallest absolute Gasteiger partial charge is 0.318 e. The number of H-pyrrole nitrogens is 1. The fourth-order valence-corrected chi connectivity index (χ4v) is 1.94. The van der Waals surface area contributed by atoms with Crippen LogP contribution < -0.4 is 4.74 Å². The molecule has 0 saturated heterocycles. The van der Waals surface area contributed by atoms with Crippen LogP contribution in [0.5, 0.6) is 11.6 Å². The average molecular weight is 332 g/mol. The number of benzene rings is 1. The molecule has 2 rings (SSSR count). The normalized spacial score (nSPS) is 10.8. The number of rotatable bonds is 1. The van der Waals surface area contributed by atoms with Crippen molar-refractivity contribution in [2.45, 2.75) is 27.7 Å². The fraction of sp³-hybridized carbons (Fsp3) is 0.278. The van der Waals surface area contributed by atoms with Gasteiger partial charge in [-0.25, -0.2) is 0 Å². The van der Waals surface area contributed by atoms with Crippen molar-refractivity contribution in [3.05, 3.63) is 46.1 Å². The van der Waals surface area contributed by atoms with Crippen LogP contribution in [-0.2, 0) is 4.79 Å². The number of ether oxygens (including phenoxy) is 1. The molecule has 0 bridgehead atoms. The molecule has 1 heterocycles. The summed E-state index contributed by atoms with van der Waals surface area (Å²) >= 11 is 5.91. The predicted octanol–water partition coefficient (Wildman–Crippen LogP) is 4.03. The largest absolute Gasteiger partial charge is 0.502 e. The molecule has 1 aromatic carbocycles. The lowest BCUT2D eigenvalue weighted by Crippen LogP contribution is -2.25. The molecule has 0 radical (unpaired) electrons. The average Bonchev–Trinajstić information content (AvgIpc) is 2.78. The number of halogens is 1. The van der Waals surface area contributed by atoms with Crippen LogP contribution in [0.4, 0.5) is 0 Å². The number of aromatic nitrogens is 1. The minimum atomic E-state index is -0.663. The first-order chi connectivity index (χ1) is 10.7. The number of hydrogen-bond acceptors (Lipinski definition) is 3. The molecule has 2 N–H and O–H groups in total. The lowest BCUT2D eigenvalue weighted by Gasteiger charge is -2.15. The number of aryl methyl sites for hydroxylation is 1. The highest BCUT2D eigenvalue weighted by molar-refractivity contribution is 6.30. The van der Waals surface area contributed by atoms with Gasteiger partial charge in [0.15, 0.2) is 5.75 Å². The van der Waals surface area contributed by atoms with Crippen LogP contribution >= 0.6 is 11.6 Å². The maximum Gasteiger partial charge on any atom is 0.318 e.